The zero-order valence-corrected chi connectivity index (χ0v) is 19.2. The van der Waals surface area contributed by atoms with Crippen molar-refractivity contribution in [2.24, 2.45) is 0 Å². The number of amides is 1. The molecule has 7 nitrogen and oxygen atoms in total. The number of hydrogen-bond acceptors (Lipinski definition) is 6. The van der Waals surface area contributed by atoms with E-state index in [0.717, 1.165) is 11.0 Å². The molecule has 0 radical (unpaired) electrons. The number of sulfone groups is 1. The van der Waals surface area contributed by atoms with Crippen molar-refractivity contribution in [1.82, 2.24) is 0 Å². The van der Waals surface area contributed by atoms with E-state index in [2.05, 4.69) is 20.8 Å². The lowest BCUT2D eigenvalue weighted by Gasteiger charge is -2.27. The van der Waals surface area contributed by atoms with Gasteiger partial charge in [0.25, 0.3) is 5.91 Å². The number of anilines is 1. The molecule has 2 aromatic carbocycles. The van der Waals surface area contributed by atoms with Gasteiger partial charge >= 0.3 is 5.97 Å². The molecule has 2 aromatic rings. The highest BCUT2D eigenvalue weighted by atomic mass is 32.2. The predicted molar refractivity (Wildman–Crippen MR) is 122 cm³/mol. The van der Waals surface area contributed by atoms with Crippen LogP contribution in [0.3, 0.4) is 0 Å². The molecule has 1 aliphatic heterocycles. The van der Waals surface area contributed by atoms with Crippen LogP contribution in [0.25, 0.3) is 0 Å². The van der Waals surface area contributed by atoms with Gasteiger partial charge in [-0.25, -0.2) is 13.2 Å². The van der Waals surface area contributed by atoms with E-state index in [4.69, 9.17) is 9.47 Å². The second-order valence-corrected chi connectivity index (χ2v) is 10.5. The van der Waals surface area contributed by atoms with Gasteiger partial charge in [0.15, 0.2) is 23.1 Å². The number of ether oxygens (including phenoxy) is 2. The van der Waals surface area contributed by atoms with Crippen LogP contribution in [0.2, 0.25) is 0 Å². The molecule has 0 saturated carbocycles. The summed E-state index contributed by atoms with van der Waals surface area (Å²) in [5, 5.41) is 1.10. The average Bonchev–Trinajstić information content (AvgIpc) is 3.10. The molecular formula is C24H27NO6S. The Balaban J connectivity index is 1.57. The van der Waals surface area contributed by atoms with Gasteiger partial charge < -0.3 is 14.4 Å². The monoisotopic (exact) mass is 457 g/mol. The topological polar surface area (TPSA) is 90.0 Å². The molecule has 1 heterocycles. The van der Waals surface area contributed by atoms with Gasteiger partial charge in [-0.15, -0.1) is 0 Å². The minimum Gasteiger partial charge on any atom is -0.482 e. The van der Waals surface area contributed by atoms with Crippen molar-refractivity contribution in [3.63, 3.8) is 0 Å². The highest BCUT2D eigenvalue weighted by molar-refractivity contribution is 7.94. The normalized spacial score (nSPS) is 17.0. The van der Waals surface area contributed by atoms with Crippen LogP contribution < -0.4 is 9.64 Å². The Morgan fingerprint density at radius 2 is 1.66 bits per heavy atom. The molecular weight excluding hydrogens is 430 g/mol. The Bertz CT molecular complexity index is 1090. The van der Waals surface area contributed by atoms with Gasteiger partial charge in [0.1, 0.15) is 5.75 Å². The lowest BCUT2D eigenvalue weighted by molar-refractivity contribution is -0.149. The standard InChI is InChI=1S/C24H27NO6S/c1-24(2,3)18-9-11-21(12-10-18)30-16-23(27)31-15-22(26)25(19-7-5-4-6-8-19)20-13-14-32(28,29)17-20/h4-14,20H,15-17H2,1-3H3. The van der Waals surface area contributed by atoms with E-state index >= 15 is 0 Å². The molecule has 0 aliphatic carbocycles. The van der Waals surface area contributed by atoms with Crippen molar-refractivity contribution >= 4 is 27.4 Å². The van der Waals surface area contributed by atoms with Gasteiger partial charge in [0.2, 0.25) is 0 Å². The van der Waals surface area contributed by atoms with Crippen molar-refractivity contribution < 1.29 is 27.5 Å². The van der Waals surface area contributed by atoms with Crippen LogP contribution in [0.15, 0.2) is 66.1 Å². The third-order valence-electron chi connectivity index (χ3n) is 4.98. The minimum absolute atomic E-state index is 0.0102. The van der Waals surface area contributed by atoms with Crippen molar-refractivity contribution in [3.05, 3.63) is 71.6 Å². The summed E-state index contributed by atoms with van der Waals surface area (Å²) in [5.41, 5.74) is 1.67. The maximum Gasteiger partial charge on any atom is 0.344 e. The Hall–Kier alpha value is -3.13. The number of carbonyl (C=O) groups excluding carboxylic acids is 2. The molecule has 0 fully saturated rings. The third kappa shape index (κ3) is 6.20. The van der Waals surface area contributed by atoms with Crippen LogP contribution in [0.1, 0.15) is 26.3 Å². The van der Waals surface area contributed by atoms with E-state index in [1.165, 1.54) is 11.0 Å². The summed E-state index contributed by atoms with van der Waals surface area (Å²) in [6, 6.07) is 15.4. The predicted octanol–water partition coefficient (Wildman–Crippen LogP) is 3.25. The number of rotatable bonds is 7. The van der Waals surface area contributed by atoms with Gasteiger partial charge in [0.05, 0.1) is 11.8 Å². The van der Waals surface area contributed by atoms with E-state index in [-0.39, 0.29) is 17.8 Å². The van der Waals surface area contributed by atoms with Gasteiger partial charge in [-0.2, -0.15) is 0 Å². The first-order chi connectivity index (χ1) is 15.0. The maximum absolute atomic E-state index is 12.8. The molecule has 0 saturated heterocycles. The molecule has 0 bridgehead atoms. The Morgan fingerprint density at radius 1 is 1.00 bits per heavy atom. The summed E-state index contributed by atoms with van der Waals surface area (Å²) in [7, 11) is -3.37. The molecule has 1 atom stereocenters. The lowest BCUT2D eigenvalue weighted by Crippen LogP contribution is -2.43. The number of hydrogen-bond donors (Lipinski definition) is 0. The van der Waals surface area contributed by atoms with E-state index in [1.807, 2.05) is 12.1 Å². The second kappa shape index (κ2) is 9.56. The first kappa shape index (κ1) is 23.5. The number of carbonyl (C=O) groups is 2. The second-order valence-electron chi connectivity index (χ2n) is 8.55. The molecule has 1 aliphatic rings. The fourth-order valence-electron chi connectivity index (χ4n) is 3.28. The number of nitrogens with zero attached hydrogens (tertiary/aromatic N) is 1. The van der Waals surface area contributed by atoms with Crippen molar-refractivity contribution in [3.8, 4) is 5.75 Å². The minimum atomic E-state index is -3.37. The summed E-state index contributed by atoms with van der Waals surface area (Å²) < 4.78 is 34.2. The third-order valence-corrected chi connectivity index (χ3v) is 6.36. The van der Waals surface area contributed by atoms with E-state index in [9.17, 15) is 18.0 Å². The molecule has 170 valence electrons. The number of esters is 1. The van der Waals surface area contributed by atoms with Crippen molar-refractivity contribution in [1.29, 1.82) is 0 Å². The smallest absolute Gasteiger partial charge is 0.344 e. The van der Waals surface area contributed by atoms with Crippen LogP contribution in [0.4, 0.5) is 5.69 Å². The summed E-state index contributed by atoms with van der Waals surface area (Å²) in [5.74, 6) is -0.907. The fourth-order valence-corrected chi connectivity index (χ4v) is 4.54. The molecule has 1 amide bonds. The first-order valence-electron chi connectivity index (χ1n) is 10.2. The average molecular weight is 458 g/mol. The summed E-state index contributed by atoms with van der Waals surface area (Å²) in [6.45, 7) is 5.45. The molecule has 0 aromatic heterocycles. The molecule has 0 spiro atoms. The zero-order chi connectivity index (χ0) is 23.4. The van der Waals surface area contributed by atoms with Crippen LogP contribution in [-0.4, -0.2) is 45.3 Å². The first-order valence-corrected chi connectivity index (χ1v) is 11.9. The van der Waals surface area contributed by atoms with Gasteiger partial charge in [-0.1, -0.05) is 51.1 Å². The fraction of sp³-hybridized carbons (Fsp3) is 0.333. The highest BCUT2D eigenvalue weighted by Crippen LogP contribution is 2.25. The number of para-hydroxylation sites is 1. The summed E-state index contributed by atoms with van der Waals surface area (Å²) in [6.07, 6.45) is 1.46. The molecule has 1 unspecified atom stereocenters. The molecule has 0 N–H and O–H groups in total. The molecule has 8 heteroatoms. The van der Waals surface area contributed by atoms with E-state index in [1.54, 1.807) is 42.5 Å². The summed E-state index contributed by atoms with van der Waals surface area (Å²) in [4.78, 5) is 26.3. The van der Waals surface area contributed by atoms with E-state index in [0.29, 0.717) is 11.4 Å². The van der Waals surface area contributed by atoms with Crippen molar-refractivity contribution in [2.45, 2.75) is 32.2 Å². The van der Waals surface area contributed by atoms with Gasteiger partial charge in [0, 0.05) is 11.1 Å². The van der Waals surface area contributed by atoms with E-state index < -0.39 is 34.4 Å². The zero-order valence-electron chi connectivity index (χ0n) is 18.4. The van der Waals surface area contributed by atoms with Crippen LogP contribution in [0.5, 0.6) is 5.75 Å². The SMILES string of the molecule is CC(C)(C)c1ccc(OCC(=O)OCC(=O)N(c2ccccc2)C2C=CS(=O)(=O)C2)cc1. The summed E-state index contributed by atoms with van der Waals surface area (Å²) >= 11 is 0. The van der Waals surface area contributed by atoms with Crippen LogP contribution in [0, 0.1) is 0 Å². The van der Waals surface area contributed by atoms with Crippen molar-refractivity contribution in [2.75, 3.05) is 23.9 Å². The molecule has 3 rings (SSSR count). The maximum atomic E-state index is 12.8. The van der Waals surface area contributed by atoms with Gasteiger partial charge in [-0.3, -0.25) is 4.79 Å². The van der Waals surface area contributed by atoms with Crippen LogP contribution in [-0.2, 0) is 29.6 Å². The molecule has 32 heavy (non-hydrogen) atoms. The Labute approximate surface area is 188 Å². The Morgan fingerprint density at radius 3 is 2.22 bits per heavy atom. The van der Waals surface area contributed by atoms with Gasteiger partial charge in [-0.05, 0) is 41.3 Å². The lowest BCUT2D eigenvalue weighted by atomic mass is 9.87. The Kier molecular flexibility index (Phi) is 7.03. The van der Waals surface area contributed by atoms with Crippen LogP contribution >= 0.6 is 0 Å². The highest BCUT2D eigenvalue weighted by Gasteiger charge is 2.31. The quantitative estimate of drug-likeness (QED) is 0.593. The number of benzene rings is 2. The largest absolute Gasteiger partial charge is 0.482 e.